The Morgan fingerprint density at radius 1 is 0.286 bits per heavy atom. The first-order valence-electron chi connectivity index (χ1n) is 24.8. The van der Waals surface area contributed by atoms with Crippen molar-refractivity contribution < 1.29 is 0 Å². The van der Waals surface area contributed by atoms with Crippen LogP contribution < -0.4 is 9.80 Å². The van der Waals surface area contributed by atoms with Crippen LogP contribution in [0.15, 0.2) is 237 Å². The maximum absolute atomic E-state index is 2.54. The topological polar surface area (TPSA) is 6.48 Å². The van der Waals surface area contributed by atoms with Gasteiger partial charge in [-0.05, 0) is 162 Å². The summed E-state index contributed by atoms with van der Waals surface area (Å²) in [5.74, 6) is 0. The molecule has 10 aromatic carbocycles. The molecule has 0 heterocycles. The summed E-state index contributed by atoms with van der Waals surface area (Å²) >= 11 is 0. The first kappa shape index (κ1) is 41.9. The second kappa shape index (κ2) is 15.7. The van der Waals surface area contributed by atoms with Crippen LogP contribution in [-0.4, -0.2) is 0 Å². The van der Waals surface area contributed by atoms with E-state index in [0.717, 1.165) is 34.1 Å². The lowest BCUT2D eigenvalue weighted by molar-refractivity contribution is 0.588. The molecule has 0 radical (unpaired) electrons. The fourth-order valence-corrected chi connectivity index (χ4v) is 12.2. The molecule has 10 aromatic rings. The number of hydrogen-bond donors (Lipinski definition) is 0. The van der Waals surface area contributed by atoms with Gasteiger partial charge in [-0.1, -0.05) is 198 Å². The molecule has 0 aromatic heterocycles. The van der Waals surface area contributed by atoms with E-state index < -0.39 is 5.41 Å². The number of fused-ring (bicyclic) bond motifs is 13. The van der Waals surface area contributed by atoms with Crippen LogP contribution in [0, 0.1) is 0 Å². The first-order chi connectivity index (χ1) is 34.1. The molecule has 0 aliphatic heterocycles. The van der Waals surface area contributed by atoms with E-state index in [-0.39, 0.29) is 10.8 Å². The number of nitrogens with zero attached hydrogens (tertiary/aromatic N) is 2. The Balaban J connectivity index is 1.08. The van der Waals surface area contributed by atoms with Crippen LogP contribution in [0.1, 0.15) is 73.6 Å². The number of hydrogen-bond acceptors (Lipinski definition) is 2. The number of anilines is 6. The third kappa shape index (κ3) is 6.26. The molecular weight excluding hydrogens is 845 g/mol. The Morgan fingerprint density at radius 2 is 0.671 bits per heavy atom. The van der Waals surface area contributed by atoms with Crippen molar-refractivity contribution in [3.05, 3.63) is 276 Å². The molecule has 336 valence electrons. The molecule has 0 saturated heterocycles. The number of para-hydroxylation sites is 2. The highest BCUT2D eigenvalue weighted by atomic mass is 15.1. The zero-order valence-corrected chi connectivity index (χ0v) is 40.4. The molecular formula is C68H54N2. The van der Waals surface area contributed by atoms with E-state index in [0.29, 0.717) is 0 Å². The van der Waals surface area contributed by atoms with Crippen molar-refractivity contribution in [1.82, 2.24) is 0 Å². The minimum atomic E-state index is -0.609. The van der Waals surface area contributed by atoms with E-state index in [2.05, 4.69) is 281 Å². The Labute approximate surface area is 412 Å². The van der Waals surface area contributed by atoms with Gasteiger partial charge in [0.05, 0.1) is 5.41 Å². The van der Waals surface area contributed by atoms with Gasteiger partial charge in [0.15, 0.2) is 0 Å². The van der Waals surface area contributed by atoms with E-state index in [1.54, 1.807) is 0 Å². The lowest BCUT2D eigenvalue weighted by Crippen LogP contribution is -2.27. The fraction of sp³-hybridized carbons (Fsp3) is 0.118. The molecule has 13 rings (SSSR count). The van der Waals surface area contributed by atoms with Gasteiger partial charge in [-0.3, -0.25) is 0 Å². The lowest BCUT2D eigenvalue weighted by Gasteiger charge is -2.34. The van der Waals surface area contributed by atoms with Crippen molar-refractivity contribution in [3.8, 4) is 44.5 Å². The summed E-state index contributed by atoms with van der Waals surface area (Å²) in [5.41, 5.74) is 25.4. The molecule has 2 heteroatoms. The van der Waals surface area contributed by atoms with Gasteiger partial charge in [-0.2, -0.15) is 0 Å². The lowest BCUT2D eigenvalue weighted by atomic mass is 9.69. The summed E-state index contributed by atoms with van der Waals surface area (Å²) in [6.45, 7) is 11.8. The molecule has 1 spiro atoms. The summed E-state index contributed by atoms with van der Waals surface area (Å²) in [6, 6.07) is 88.6. The van der Waals surface area contributed by atoms with Crippen LogP contribution >= 0.6 is 0 Å². The van der Waals surface area contributed by atoms with Crippen LogP contribution in [0.25, 0.3) is 44.5 Å². The van der Waals surface area contributed by atoms with Crippen molar-refractivity contribution in [2.45, 2.75) is 50.9 Å². The molecule has 0 fully saturated rings. The van der Waals surface area contributed by atoms with E-state index in [1.165, 1.54) is 83.5 Å². The Bertz CT molecular complexity index is 3630. The molecule has 3 aliphatic carbocycles. The molecule has 1 atom stereocenters. The Morgan fingerprint density at radius 3 is 1.24 bits per heavy atom. The van der Waals surface area contributed by atoms with Gasteiger partial charge in [0.25, 0.3) is 0 Å². The number of benzene rings is 10. The predicted octanol–water partition coefficient (Wildman–Crippen LogP) is 18.2. The van der Waals surface area contributed by atoms with Gasteiger partial charge in [0.2, 0.25) is 0 Å². The smallest absolute Gasteiger partial charge is 0.0727 e. The van der Waals surface area contributed by atoms with Crippen LogP contribution in [0.4, 0.5) is 34.1 Å². The predicted molar refractivity (Wildman–Crippen MR) is 294 cm³/mol. The zero-order chi connectivity index (χ0) is 47.4. The van der Waals surface area contributed by atoms with Crippen molar-refractivity contribution in [3.63, 3.8) is 0 Å². The van der Waals surface area contributed by atoms with Gasteiger partial charge in [-0.15, -0.1) is 0 Å². The average Bonchev–Trinajstić information content (AvgIpc) is 3.95. The average molecular weight is 899 g/mol. The minimum Gasteiger partial charge on any atom is -0.310 e. The SMILES string of the molecule is CC(C)(C)c1ccc2c(c1)C1(c3ccccc3-c3ccc(N(c4cccc(-c5ccccc5)c4)c4ccc5c(c4)C(C)(C)c4ccccc4-5)cc31)c1cc(N(c3ccccc3)c3ccccc3)ccc1-2. The molecule has 1 unspecified atom stereocenters. The van der Waals surface area contributed by atoms with E-state index in [4.69, 9.17) is 0 Å². The van der Waals surface area contributed by atoms with Crippen LogP contribution in [-0.2, 0) is 16.2 Å². The molecule has 2 nitrogen and oxygen atoms in total. The zero-order valence-electron chi connectivity index (χ0n) is 40.4. The summed E-state index contributed by atoms with van der Waals surface area (Å²) in [5, 5.41) is 0. The second-order valence-electron chi connectivity index (χ2n) is 20.9. The van der Waals surface area contributed by atoms with E-state index in [9.17, 15) is 0 Å². The summed E-state index contributed by atoms with van der Waals surface area (Å²) in [4.78, 5) is 4.92. The van der Waals surface area contributed by atoms with E-state index >= 15 is 0 Å². The highest BCUT2D eigenvalue weighted by Gasteiger charge is 2.52. The second-order valence-corrected chi connectivity index (χ2v) is 20.9. The van der Waals surface area contributed by atoms with Crippen molar-refractivity contribution in [1.29, 1.82) is 0 Å². The molecule has 70 heavy (non-hydrogen) atoms. The normalized spacial score (nSPS) is 15.4. The Kier molecular flexibility index (Phi) is 9.39. The van der Waals surface area contributed by atoms with Crippen LogP contribution in [0.2, 0.25) is 0 Å². The maximum atomic E-state index is 2.54. The van der Waals surface area contributed by atoms with Gasteiger partial charge in [0, 0.05) is 39.5 Å². The standard InChI is InChI=1S/C68H54N2/c1-66(2,3)47-32-36-57-59-39-34-52(69(48-23-11-7-12-24-48)49-25-13-8-14-26-49)43-65(59)68(63(57)41-47)61-31-18-16-29-55(61)58-38-35-53(44-64(58)68)70(50-27-19-22-46(40-50)45-20-9-6-10-21-45)51-33-37-56-54-28-15-17-30-60(54)67(4,5)62(56)42-51/h6-44H,1-5H3. The van der Waals surface area contributed by atoms with Crippen LogP contribution in [0.5, 0.6) is 0 Å². The summed E-state index contributed by atoms with van der Waals surface area (Å²) < 4.78 is 0. The Hall–Kier alpha value is -8.20. The molecule has 0 saturated carbocycles. The van der Waals surface area contributed by atoms with Crippen LogP contribution in [0.3, 0.4) is 0 Å². The monoisotopic (exact) mass is 898 g/mol. The molecule has 0 N–H and O–H groups in total. The molecule has 0 bridgehead atoms. The summed E-state index contributed by atoms with van der Waals surface area (Å²) in [6.07, 6.45) is 0. The third-order valence-corrected chi connectivity index (χ3v) is 15.6. The van der Waals surface area contributed by atoms with Gasteiger partial charge >= 0.3 is 0 Å². The van der Waals surface area contributed by atoms with Gasteiger partial charge in [-0.25, -0.2) is 0 Å². The fourth-order valence-electron chi connectivity index (χ4n) is 12.2. The summed E-state index contributed by atoms with van der Waals surface area (Å²) in [7, 11) is 0. The number of rotatable bonds is 7. The molecule has 0 amide bonds. The van der Waals surface area contributed by atoms with E-state index in [1.807, 2.05) is 0 Å². The van der Waals surface area contributed by atoms with Gasteiger partial charge in [0.1, 0.15) is 0 Å². The third-order valence-electron chi connectivity index (χ3n) is 15.6. The quantitative estimate of drug-likeness (QED) is 0.157. The van der Waals surface area contributed by atoms with Gasteiger partial charge < -0.3 is 9.80 Å². The minimum absolute atomic E-state index is 0.0576. The van der Waals surface area contributed by atoms with Crippen molar-refractivity contribution >= 4 is 34.1 Å². The largest absolute Gasteiger partial charge is 0.310 e. The first-order valence-corrected chi connectivity index (χ1v) is 24.8. The molecule has 3 aliphatic rings. The van der Waals surface area contributed by atoms with Crippen molar-refractivity contribution in [2.24, 2.45) is 0 Å². The van der Waals surface area contributed by atoms with Crippen molar-refractivity contribution in [2.75, 3.05) is 9.80 Å². The highest BCUT2D eigenvalue weighted by molar-refractivity contribution is 5.98. The maximum Gasteiger partial charge on any atom is 0.0727 e. The highest BCUT2D eigenvalue weighted by Crippen LogP contribution is 2.64.